The van der Waals surface area contributed by atoms with Crippen LogP contribution in [0, 0.1) is 6.92 Å². The predicted molar refractivity (Wildman–Crippen MR) is 78.3 cm³/mol. The zero-order valence-corrected chi connectivity index (χ0v) is 12.3. The largest absolute Gasteiger partial charge is 0.405 e. The van der Waals surface area contributed by atoms with Gasteiger partial charge in [-0.25, -0.2) is 4.68 Å². The molecule has 1 aliphatic heterocycles. The molecule has 1 saturated heterocycles. The van der Waals surface area contributed by atoms with Crippen molar-refractivity contribution in [2.45, 2.75) is 26.2 Å². The van der Waals surface area contributed by atoms with Crippen molar-refractivity contribution in [3.63, 3.8) is 0 Å². The number of anilines is 2. The first-order valence-corrected chi connectivity index (χ1v) is 7.07. The molecular weight excluding hydrogens is 270 g/mol. The van der Waals surface area contributed by atoms with Crippen LogP contribution in [0.4, 0.5) is 11.9 Å². The van der Waals surface area contributed by atoms with Gasteiger partial charge in [-0.3, -0.25) is 0 Å². The van der Waals surface area contributed by atoms with Crippen LogP contribution in [0.3, 0.4) is 0 Å². The Morgan fingerprint density at radius 3 is 2.57 bits per heavy atom. The van der Waals surface area contributed by atoms with E-state index in [0.717, 1.165) is 31.6 Å². The second kappa shape index (κ2) is 5.55. The fourth-order valence-electron chi connectivity index (χ4n) is 2.42. The van der Waals surface area contributed by atoms with Crippen LogP contribution in [0.1, 0.15) is 25.0 Å². The van der Waals surface area contributed by atoms with Crippen LogP contribution in [0.2, 0.25) is 0 Å². The molecule has 0 radical (unpaired) electrons. The van der Waals surface area contributed by atoms with Gasteiger partial charge in [-0.15, -0.1) is 0 Å². The predicted octanol–water partition coefficient (Wildman–Crippen LogP) is 1.28. The molecule has 112 valence electrons. The number of aromatic nitrogens is 5. The van der Waals surface area contributed by atoms with E-state index in [1.54, 1.807) is 11.7 Å². The lowest BCUT2D eigenvalue weighted by molar-refractivity contribution is 0.397. The summed E-state index contributed by atoms with van der Waals surface area (Å²) in [4.78, 5) is 14.7. The monoisotopic (exact) mass is 289 g/mol. The van der Waals surface area contributed by atoms with Gasteiger partial charge in [-0.2, -0.15) is 20.1 Å². The van der Waals surface area contributed by atoms with Gasteiger partial charge in [0.15, 0.2) is 0 Å². The van der Waals surface area contributed by atoms with E-state index in [2.05, 4.69) is 25.0 Å². The second-order valence-electron chi connectivity index (χ2n) is 5.17. The minimum atomic E-state index is 0.166. The molecule has 8 heteroatoms. The average molecular weight is 289 g/mol. The fraction of sp³-hybridized carbons (Fsp3) is 0.538. The third kappa shape index (κ3) is 3.04. The molecule has 0 aromatic carbocycles. The third-order valence-electron chi connectivity index (χ3n) is 3.41. The summed E-state index contributed by atoms with van der Waals surface area (Å²) >= 11 is 0. The maximum absolute atomic E-state index is 5.77. The van der Waals surface area contributed by atoms with E-state index in [-0.39, 0.29) is 12.0 Å². The number of ether oxygens (including phenoxy) is 1. The number of nitrogens with two attached hydrogens (primary N) is 1. The van der Waals surface area contributed by atoms with E-state index in [1.807, 2.05) is 13.0 Å². The van der Waals surface area contributed by atoms with Crippen LogP contribution in [0.15, 0.2) is 6.07 Å². The van der Waals surface area contributed by atoms with Gasteiger partial charge in [-0.05, 0) is 26.2 Å². The quantitative estimate of drug-likeness (QED) is 0.909. The molecule has 0 atom stereocenters. The van der Waals surface area contributed by atoms with Crippen molar-refractivity contribution in [1.29, 1.82) is 0 Å². The highest BCUT2D eigenvalue weighted by atomic mass is 16.5. The summed E-state index contributed by atoms with van der Waals surface area (Å²) in [7, 11) is 1.80. The van der Waals surface area contributed by atoms with Gasteiger partial charge in [0.2, 0.25) is 17.8 Å². The molecule has 0 bridgehead atoms. The summed E-state index contributed by atoms with van der Waals surface area (Å²) in [6.07, 6.45) is 3.53. The number of nitrogen functional groups attached to an aromatic ring is 1. The number of aryl methyl sites for hydroxylation is 2. The van der Waals surface area contributed by atoms with E-state index < -0.39 is 0 Å². The Kier molecular flexibility index (Phi) is 3.59. The van der Waals surface area contributed by atoms with E-state index >= 15 is 0 Å². The van der Waals surface area contributed by atoms with Crippen LogP contribution in [0.5, 0.6) is 11.9 Å². The molecule has 2 N–H and O–H groups in total. The lowest BCUT2D eigenvalue weighted by Gasteiger charge is -2.26. The summed E-state index contributed by atoms with van der Waals surface area (Å²) in [6, 6.07) is 2.02. The smallest absolute Gasteiger partial charge is 0.329 e. The SMILES string of the molecule is Cc1cc(Oc2nc(N)nc(N3CCCCC3)n2)n(C)n1. The van der Waals surface area contributed by atoms with Crippen molar-refractivity contribution >= 4 is 11.9 Å². The van der Waals surface area contributed by atoms with Crippen LogP contribution in [-0.4, -0.2) is 37.8 Å². The highest BCUT2D eigenvalue weighted by Crippen LogP contribution is 2.22. The van der Waals surface area contributed by atoms with Crippen LogP contribution in [-0.2, 0) is 7.05 Å². The topological polar surface area (TPSA) is 95.0 Å². The number of hydrogen-bond donors (Lipinski definition) is 1. The van der Waals surface area contributed by atoms with Gasteiger partial charge in [0, 0.05) is 26.2 Å². The van der Waals surface area contributed by atoms with Gasteiger partial charge < -0.3 is 15.4 Å². The van der Waals surface area contributed by atoms with Gasteiger partial charge in [0.05, 0.1) is 5.69 Å². The molecule has 2 aromatic rings. The molecule has 0 unspecified atom stereocenters. The summed E-state index contributed by atoms with van der Waals surface area (Å²) in [5.41, 5.74) is 6.64. The molecule has 8 nitrogen and oxygen atoms in total. The molecule has 0 saturated carbocycles. The molecule has 0 spiro atoms. The van der Waals surface area contributed by atoms with Gasteiger partial charge >= 0.3 is 6.01 Å². The van der Waals surface area contributed by atoms with Crippen LogP contribution < -0.4 is 15.4 Å². The molecular formula is C13H19N7O. The number of nitrogens with zero attached hydrogens (tertiary/aromatic N) is 6. The Bertz CT molecular complexity index is 633. The van der Waals surface area contributed by atoms with Crippen molar-refractivity contribution in [3.05, 3.63) is 11.8 Å². The molecule has 0 amide bonds. The zero-order valence-electron chi connectivity index (χ0n) is 12.3. The lowest BCUT2D eigenvalue weighted by Crippen LogP contribution is -2.31. The Labute approximate surface area is 123 Å². The molecule has 3 rings (SSSR count). The second-order valence-corrected chi connectivity index (χ2v) is 5.17. The van der Waals surface area contributed by atoms with E-state index in [9.17, 15) is 0 Å². The first kappa shape index (κ1) is 13.6. The van der Waals surface area contributed by atoms with Crippen LogP contribution in [0.25, 0.3) is 0 Å². The Morgan fingerprint density at radius 2 is 1.90 bits per heavy atom. The fourth-order valence-corrected chi connectivity index (χ4v) is 2.42. The number of piperidine rings is 1. The molecule has 2 aromatic heterocycles. The van der Waals surface area contributed by atoms with Gasteiger partial charge in [0.1, 0.15) is 0 Å². The summed E-state index contributed by atoms with van der Waals surface area (Å²) in [5.74, 6) is 1.32. The Hall–Kier alpha value is -2.38. The average Bonchev–Trinajstić information content (AvgIpc) is 2.77. The maximum atomic E-state index is 5.77. The van der Waals surface area contributed by atoms with Gasteiger partial charge in [0.25, 0.3) is 0 Å². The third-order valence-corrected chi connectivity index (χ3v) is 3.41. The van der Waals surface area contributed by atoms with E-state index in [4.69, 9.17) is 10.5 Å². The minimum absolute atomic E-state index is 0.166. The maximum Gasteiger partial charge on any atom is 0.329 e. The van der Waals surface area contributed by atoms with Crippen molar-refractivity contribution in [1.82, 2.24) is 24.7 Å². The number of rotatable bonds is 3. The highest BCUT2D eigenvalue weighted by Gasteiger charge is 2.17. The van der Waals surface area contributed by atoms with Crippen molar-refractivity contribution < 1.29 is 4.74 Å². The van der Waals surface area contributed by atoms with E-state index in [0.29, 0.717) is 11.8 Å². The molecule has 21 heavy (non-hydrogen) atoms. The minimum Gasteiger partial charge on any atom is -0.405 e. The molecule has 1 fully saturated rings. The summed E-state index contributed by atoms with van der Waals surface area (Å²) in [5, 5.41) is 4.22. The van der Waals surface area contributed by atoms with Crippen molar-refractivity contribution in [2.24, 2.45) is 7.05 Å². The molecule has 1 aliphatic rings. The molecule has 3 heterocycles. The first-order chi connectivity index (χ1) is 10.1. The van der Waals surface area contributed by atoms with Crippen molar-refractivity contribution in [2.75, 3.05) is 23.7 Å². The first-order valence-electron chi connectivity index (χ1n) is 7.07. The standard InChI is InChI=1S/C13H19N7O/c1-9-8-10(19(2)18-9)21-13-16-11(14)15-12(17-13)20-6-4-3-5-7-20/h8H,3-7H2,1-2H3,(H2,14,15,16,17). The number of hydrogen-bond acceptors (Lipinski definition) is 7. The van der Waals surface area contributed by atoms with Crippen LogP contribution >= 0.6 is 0 Å². The summed E-state index contributed by atoms with van der Waals surface area (Å²) < 4.78 is 7.31. The summed E-state index contributed by atoms with van der Waals surface area (Å²) in [6.45, 7) is 3.77. The van der Waals surface area contributed by atoms with Crippen molar-refractivity contribution in [3.8, 4) is 11.9 Å². The Balaban J connectivity index is 1.85. The Morgan fingerprint density at radius 1 is 1.14 bits per heavy atom. The van der Waals surface area contributed by atoms with E-state index in [1.165, 1.54) is 6.42 Å². The highest BCUT2D eigenvalue weighted by molar-refractivity contribution is 5.37. The molecule has 0 aliphatic carbocycles. The zero-order chi connectivity index (χ0) is 14.8. The van der Waals surface area contributed by atoms with Gasteiger partial charge in [-0.1, -0.05) is 0 Å². The lowest BCUT2D eigenvalue weighted by atomic mass is 10.1. The normalized spacial score (nSPS) is 15.2.